The van der Waals surface area contributed by atoms with Crippen LogP contribution < -0.4 is 4.90 Å². The topological polar surface area (TPSA) is 74.7 Å². The molecule has 0 aromatic heterocycles. The lowest BCUT2D eigenvalue weighted by atomic mass is 10.2. The first-order valence-electron chi connectivity index (χ1n) is 6.03. The summed E-state index contributed by atoms with van der Waals surface area (Å²) < 4.78 is 23.6. The number of halogens is 1. The lowest BCUT2D eigenvalue weighted by Gasteiger charge is -2.29. The summed E-state index contributed by atoms with van der Waals surface area (Å²) in [5.41, 5.74) is 1.69. The maximum Gasteiger partial charge on any atom is 0.328 e. The molecule has 2 rings (SSSR count). The number of anilines is 1. The first-order chi connectivity index (χ1) is 9.37. The van der Waals surface area contributed by atoms with E-state index in [1.54, 1.807) is 0 Å². The summed E-state index contributed by atoms with van der Waals surface area (Å²) >= 11 is 3.40. The van der Waals surface area contributed by atoms with Crippen molar-refractivity contribution in [2.45, 2.75) is 0 Å². The SMILES string of the molecule is O=C(O)/C=C/c1ccc(N2CCS(=O)(=O)CC2)cc1Br. The van der Waals surface area contributed by atoms with Crippen molar-refractivity contribution in [1.29, 1.82) is 0 Å². The van der Waals surface area contributed by atoms with Crippen LogP contribution >= 0.6 is 15.9 Å². The molecule has 5 nitrogen and oxygen atoms in total. The molecule has 0 radical (unpaired) electrons. The number of hydrogen-bond acceptors (Lipinski definition) is 4. The summed E-state index contributed by atoms with van der Waals surface area (Å²) in [6, 6.07) is 5.55. The standard InChI is InChI=1S/C13H14BrNO4S/c14-12-9-11(3-1-10(12)2-4-13(16)17)15-5-7-20(18,19)8-6-15/h1-4,9H,5-8H2,(H,16,17)/b4-2+. The number of carboxylic acids is 1. The van der Waals surface area contributed by atoms with E-state index in [1.807, 2.05) is 23.1 Å². The third-order valence-corrected chi connectivity index (χ3v) is 5.39. The molecule has 0 unspecified atom stereocenters. The molecule has 0 aliphatic carbocycles. The number of carboxylic acid groups (broad SMARTS) is 1. The van der Waals surface area contributed by atoms with Crippen LogP contribution in [0.3, 0.4) is 0 Å². The Kier molecular flexibility index (Phi) is 4.49. The Hall–Kier alpha value is -1.34. The molecular formula is C13H14BrNO4S. The van der Waals surface area contributed by atoms with Gasteiger partial charge in [0, 0.05) is 29.3 Å². The van der Waals surface area contributed by atoms with Crippen molar-refractivity contribution in [2.75, 3.05) is 29.5 Å². The van der Waals surface area contributed by atoms with Crippen LogP contribution in [-0.4, -0.2) is 44.1 Å². The highest BCUT2D eigenvalue weighted by Crippen LogP contribution is 2.26. The van der Waals surface area contributed by atoms with Gasteiger partial charge in [-0.2, -0.15) is 0 Å². The molecule has 0 amide bonds. The lowest BCUT2D eigenvalue weighted by Crippen LogP contribution is -2.40. The van der Waals surface area contributed by atoms with Gasteiger partial charge in [0.05, 0.1) is 11.5 Å². The van der Waals surface area contributed by atoms with Gasteiger partial charge in [0.1, 0.15) is 0 Å². The first kappa shape index (κ1) is 15.1. The summed E-state index contributed by atoms with van der Waals surface area (Å²) in [5, 5.41) is 8.61. The number of benzene rings is 1. The lowest BCUT2D eigenvalue weighted by molar-refractivity contribution is -0.131. The molecule has 20 heavy (non-hydrogen) atoms. The molecule has 0 spiro atoms. The van der Waals surface area contributed by atoms with Crippen LogP contribution in [0.1, 0.15) is 5.56 Å². The molecular weight excluding hydrogens is 346 g/mol. The summed E-state index contributed by atoms with van der Waals surface area (Å²) in [6.45, 7) is 0.970. The van der Waals surface area contributed by atoms with E-state index in [9.17, 15) is 13.2 Å². The molecule has 1 aliphatic heterocycles. The molecule has 0 atom stereocenters. The highest BCUT2D eigenvalue weighted by atomic mass is 79.9. The molecule has 0 bridgehead atoms. The number of carbonyl (C=O) groups is 1. The zero-order valence-corrected chi connectivity index (χ0v) is 13.0. The Morgan fingerprint density at radius 3 is 2.50 bits per heavy atom. The van der Waals surface area contributed by atoms with Crippen molar-refractivity contribution in [3.63, 3.8) is 0 Å². The molecule has 1 N–H and O–H groups in total. The fraction of sp³-hybridized carbons (Fsp3) is 0.308. The highest BCUT2D eigenvalue weighted by molar-refractivity contribution is 9.10. The molecule has 1 aliphatic rings. The van der Waals surface area contributed by atoms with Gasteiger partial charge in [-0.25, -0.2) is 13.2 Å². The second-order valence-corrected chi connectivity index (χ2v) is 7.67. The second-order valence-electron chi connectivity index (χ2n) is 4.52. The van der Waals surface area contributed by atoms with Crippen LogP contribution in [0.2, 0.25) is 0 Å². The summed E-state index contributed by atoms with van der Waals surface area (Å²) in [6.07, 6.45) is 2.59. The largest absolute Gasteiger partial charge is 0.478 e. The van der Waals surface area contributed by atoms with E-state index >= 15 is 0 Å². The van der Waals surface area contributed by atoms with E-state index in [2.05, 4.69) is 15.9 Å². The van der Waals surface area contributed by atoms with Crippen molar-refractivity contribution in [3.05, 3.63) is 34.3 Å². The van der Waals surface area contributed by atoms with Gasteiger partial charge in [-0.15, -0.1) is 0 Å². The molecule has 1 aromatic carbocycles. The maximum absolute atomic E-state index is 11.4. The third-order valence-electron chi connectivity index (χ3n) is 3.10. The summed E-state index contributed by atoms with van der Waals surface area (Å²) in [5.74, 6) is -0.654. The number of sulfone groups is 1. The van der Waals surface area contributed by atoms with E-state index in [0.29, 0.717) is 13.1 Å². The molecule has 108 valence electrons. The van der Waals surface area contributed by atoms with Crippen LogP contribution in [-0.2, 0) is 14.6 Å². The fourth-order valence-corrected chi connectivity index (χ4v) is 3.68. The Balaban J connectivity index is 2.15. The normalized spacial score (nSPS) is 18.4. The van der Waals surface area contributed by atoms with E-state index in [1.165, 1.54) is 6.08 Å². The Labute approximate surface area is 125 Å². The average Bonchev–Trinajstić information content (AvgIpc) is 2.37. The van der Waals surface area contributed by atoms with Crippen molar-refractivity contribution < 1.29 is 18.3 Å². The molecule has 1 aromatic rings. The number of rotatable bonds is 3. The van der Waals surface area contributed by atoms with E-state index in [-0.39, 0.29) is 11.5 Å². The third kappa shape index (κ3) is 3.83. The van der Waals surface area contributed by atoms with Gasteiger partial charge >= 0.3 is 5.97 Å². The van der Waals surface area contributed by atoms with Gasteiger partial charge in [0.15, 0.2) is 9.84 Å². The minimum absolute atomic E-state index is 0.172. The van der Waals surface area contributed by atoms with Crippen molar-refractivity contribution in [1.82, 2.24) is 0 Å². The number of hydrogen-bond donors (Lipinski definition) is 1. The first-order valence-corrected chi connectivity index (χ1v) is 8.65. The van der Waals surface area contributed by atoms with Crippen molar-refractivity contribution in [2.24, 2.45) is 0 Å². The monoisotopic (exact) mass is 359 g/mol. The molecule has 1 heterocycles. The van der Waals surface area contributed by atoms with E-state index in [0.717, 1.165) is 21.8 Å². The Morgan fingerprint density at radius 1 is 1.30 bits per heavy atom. The minimum Gasteiger partial charge on any atom is -0.478 e. The number of nitrogens with zero attached hydrogens (tertiary/aromatic N) is 1. The zero-order chi connectivity index (χ0) is 14.8. The van der Waals surface area contributed by atoms with Gasteiger partial charge in [0.25, 0.3) is 0 Å². The highest BCUT2D eigenvalue weighted by Gasteiger charge is 2.21. The van der Waals surface area contributed by atoms with Crippen molar-refractivity contribution >= 4 is 43.5 Å². The quantitative estimate of drug-likeness (QED) is 0.832. The molecule has 1 fully saturated rings. The van der Waals surface area contributed by atoms with Gasteiger partial charge in [0.2, 0.25) is 0 Å². The van der Waals surface area contributed by atoms with Crippen LogP contribution in [0.15, 0.2) is 28.7 Å². The van der Waals surface area contributed by atoms with Gasteiger partial charge in [-0.1, -0.05) is 22.0 Å². The Morgan fingerprint density at radius 2 is 1.95 bits per heavy atom. The summed E-state index contributed by atoms with van der Waals surface area (Å²) in [4.78, 5) is 12.5. The maximum atomic E-state index is 11.4. The predicted molar refractivity (Wildman–Crippen MR) is 81.7 cm³/mol. The number of aliphatic carboxylic acids is 1. The smallest absolute Gasteiger partial charge is 0.328 e. The molecule has 0 saturated carbocycles. The molecule has 7 heteroatoms. The van der Waals surface area contributed by atoms with Crippen LogP contribution in [0.25, 0.3) is 6.08 Å². The predicted octanol–water partition coefficient (Wildman–Crippen LogP) is 1.78. The zero-order valence-electron chi connectivity index (χ0n) is 10.6. The minimum atomic E-state index is -2.89. The van der Waals surface area contributed by atoms with Crippen LogP contribution in [0, 0.1) is 0 Å². The van der Waals surface area contributed by atoms with Gasteiger partial charge in [-0.3, -0.25) is 0 Å². The van der Waals surface area contributed by atoms with E-state index in [4.69, 9.17) is 5.11 Å². The van der Waals surface area contributed by atoms with Gasteiger partial charge < -0.3 is 10.0 Å². The van der Waals surface area contributed by atoms with Crippen LogP contribution in [0.5, 0.6) is 0 Å². The van der Waals surface area contributed by atoms with Crippen molar-refractivity contribution in [3.8, 4) is 0 Å². The van der Waals surface area contributed by atoms with E-state index < -0.39 is 15.8 Å². The van der Waals surface area contributed by atoms with Gasteiger partial charge in [-0.05, 0) is 23.8 Å². The molecule has 1 saturated heterocycles. The summed E-state index contributed by atoms with van der Waals surface area (Å²) in [7, 11) is -2.89. The van der Waals surface area contributed by atoms with Crippen LogP contribution in [0.4, 0.5) is 5.69 Å². The fourth-order valence-electron chi connectivity index (χ4n) is 1.98. The second kappa shape index (κ2) is 5.97. The average molecular weight is 360 g/mol. The Bertz CT molecular complexity index is 640.